The summed E-state index contributed by atoms with van der Waals surface area (Å²) in [6, 6.07) is 6.79. The lowest BCUT2D eigenvalue weighted by Crippen LogP contribution is -2.43. The Morgan fingerprint density at radius 2 is 1.80 bits per heavy atom. The summed E-state index contributed by atoms with van der Waals surface area (Å²) in [5, 5.41) is 9.73. The van der Waals surface area contributed by atoms with Crippen molar-refractivity contribution in [1.82, 2.24) is 14.1 Å². The van der Waals surface area contributed by atoms with Crippen LogP contribution in [0.1, 0.15) is 32.4 Å². The zero-order chi connectivity index (χ0) is 21.9. The number of amides is 2. The lowest BCUT2D eigenvalue weighted by Gasteiger charge is -2.31. The lowest BCUT2D eigenvalue weighted by molar-refractivity contribution is -0.121. The molecule has 0 unspecified atom stereocenters. The first kappa shape index (κ1) is 22.0. The molecule has 2 N–H and O–H groups in total. The van der Waals surface area contributed by atoms with E-state index >= 15 is 0 Å². The molecule has 1 aromatic carbocycles. The SMILES string of the molecule is CCn1cc(S(=O)(=O)N2CCC[C@@H](C(=O)Nc3ccc(NC(C)=O)cc3)C2)c(C)n1. The van der Waals surface area contributed by atoms with Crippen molar-refractivity contribution in [1.29, 1.82) is 0 Å². The molecule has 0 aliphatic carbocycles. The molecule has 0 radical (unpaired) electrons. The second-order valence-electron chi connectivity index (χ2n) is 7.38. The number of hydrogen-bond acceptors (Lipinski definition) is 5. The maximum Gasteiger partial charge on any atom is 0.246 e. The molecule has 1 aromatic heterocycles. The minimum absolute atomic E-state index is 0.134. The molecule has 162 valence electrons. The van der Waals surface area contributed by atoms with Gasteiger partial charge in [0, 0.05) is 44.1 Å². The van der Waals surface area contributed by atoms with Crippen molar-refractivity contribution in [3.63, 3.8) is 0 Å². The van der Waals surface area contributed by atoms with Crippen molar-refractivity contribution in [3.05, 3.63) is 36.2 Å². The van der Waals surface area contributed by atoms with Crippen molar-refractivity contribution in [2.75, 3.05) is 23.7 Å². The van der Waals surface area contributed by atoms with E-state index in [1.165, 1.54) is 11.2 Å². The maximum absolute atomic E-state index is 13.1. The number of hydrogen-bond donors (Lipinski definition) is 2. The first-order valence-corrected chi connectivity index (χ1v) is 11.4. The van der Waals surface area contributed by atoms with Gasteiger partial charge in [0.2, 0.25) is 21.8 Å². The summed E-state index contributed by atoms with van der Waals surface area (Å²) in [5.41, 5.74) is 1.69. The highest BCUT2D eigenvalue weighted by Crippen LogP contribution is 2.26. The normalized spacial score (nSPS) is 17.5. The zero-order valence-corrected chi connectivity index (χ0v) is 18.2. The molecule has 2 amide bonds. The molecular formula is C20H27N5O4S. The summed E-state index contributed by atoms with van der Waals surface area (Å²) in [4.78, 5) is 24.0. The van der Waals surface area contributed by atoms with Crippen LogP contribution in [0.5, 0.6) is 0 Å². The molecule has 0 saturated carbocycles. The van der Waals surface area contributed by atoms with Crippen LogP contribution in [0.2, 0.25) is 0 Å². The van der Waals surface area contributed by atoms with Gasteiger partial charge in [-0.1, -0.05) is 0 Å². The first-order chi connectivity index (χ1) is 14.2. The summed E-state index contributed by atoms with van der Waals surface area (Å²) >= 11 is 0. The molecule has 9 nitrogen and oxygen atoms in total. The van der Waals surface area contributed by atoms with Gasteiger partial charge in [-0.15, -0.1) is 0 Å². The second-order valence-corrected chi connectivity index (χ2v) is 9.29. The van der Waals surface area contributed by atoms with E-state index in [4.69, 9.17) is 0 Å². The quantitative estimate of drug-likeness (QED) is 0.725. The molecule has 0 bridgehead atoms. The van der Waals surface area contributed by atoms with E-state index in [0.717, 1.165) is 0 Å². The zero-order valence-electron chi connectivity index (χ0n) is 17.4. The standard InChI is InChI=1S/C20H27N5O4S/c1-4-24-13-19(14(2)23-24)30(28,29)25-11-5-6-16(12-25)20(27)22-18-9-7-17(8-10-18)21-15(3)26/h7-10,13,16H,4-6,11-12H2,1-3H3,(H,21,26)(H,22,27)/t16-/m1/s1. The minimum Gasteiger partial charge on any atom is -0.326 e. The Balaban J connectivity index is 1.68. The van der Waals surface area contributed by atoms with Gasteiger partial charge in [0.25, 0.3) is 0 Å². The van der Waals surface area contributed by atoms with Crippen LogP contribution in [0, 0.1) is 12.8 Å². The fourth-order valence-corrected chi connectivity index (χ4v) is 5.21. The minimum atomic E-state index is -3.71. The number of aryl methyl sites for hydroxylation is 2. The fourth-order valence-electron chi connectivity index (χ4n) is 3.51. The van der Waals surface area contributed by atoms with Gasteiger partial charge in [0.15, 0.2) is 0 Å². The Hall–Kier alpha value is -2.72. The molecule has 1 fully saturated rings. The highest BCUT2D eigenvalue weighted by atomic mass is 32.2. The van der Waals surface area contributed by atoms with Crippen LogP contribution in [0.25, 0.3) is 0 Å². The summed E-state index contributed by atoms with van der Waals surface area (Å²) in [6.45, 7) is 6.10. The average Bonchev–Trinajstić information content (AvgIpc) is 3.11. The highest BCUT2D eigenvalue weighted by Gasteiger charge is 2.35. The molecule has 1 atom stereocenters. The maximum atomic E-state index is 13.1. The van der Waals surface area contributed by atoms with Gasteiger partial charge in [-0.3, -0.25) is 14.3 Å². The smallest absolute Gasteiger partial charge is 0.246 e. The molecule has 1 aliphatic heterocycles. The number of aromatic nitrogens is 2. The Kier molecular flexibility index (Phi) is 6.57. The van der Waals surface area contributed by atoms with E-state index in [1.54, 1.807) is 42.1 Å². The van der Waals surface area contributed by atoms with Gasteiger partial charge >= 0.3 is 0 Å². The van der Waals surface area contributed by atoms with Gasteiger partial charge in [-0.05, 0) is 51.0 Å². The molecule has 3 rings (SSSR count). The molecular weight excluding hydrogens is 406 g/mol. The molecule has 30 heavy (non-hydrogen) atoms. The van der Waals surface area contributed by atoms with Crippen LogP contribution >= 0.6 is 0 Å². The van der Waals surface area contributed by atoms with Crippen LogP contribution in [0.15, 0.2) is 35.4 Å². The summed E-state index contributed by atoms with van der Waals surface area (Å²) in [5.74, 6) is -0.830. The van der Waals surface area contributed by atoms with Gasteiger partial charge in [-0.2, -0.15) is 9.40 Å². The van der Waals surface area contributed by atoms with Crippen LogP contribution in [0.3, 0.4) is 0 Å². The van der Waals surface area contributed by atoms with Crippen LogP contribution in [-0.2, 0) is 26.2 Å². The number of piperidine rings is 1. The number of nitrogens with one attached hydrogen (secondary N) is 2. The predicted molar refractivity (Wildman–Crippen MR) is 113 cm³/mol. The van der Waals surface area contributed by atoms with Crippen molar-refractivity contribution in [2.24, 2.45) is 5.92 Å². The predicted octanol–water partition coefficient (Wildman–Crippen LogP) is 2.21. The van der Waals surface area contributed by atoms with Crippen LogP contribution in [-0.4, -0.2) is 47.4 Å². The van der Waals surface area contributed by atoms with E-state index in [0.29, 0.717) is 43.0 Å². The number of sulfonamides is 1. The fraction of sp³-hybridized carbons (Fsp3) is 0.450. The molecule has 1 aliphatic rings. The van der Waals surface area contributed by atoms with E-state index in [9.17, 15) is 18.0 Å². The Morgan fingerprint density at radius 1 is 1.17 bits per heavy atom. The van der Waals surface area contributed by atoms with Gasteiger partial charge in [0.1, 0.15) is 4.90 Å². The number of carbonyl (C=O) groups is 2. The molecule has 2 aromatic rings. The number of anilines is 2. The van der Waals surface area contributed by atoms with Crippen LogP contribution in [0.4, 0.5) is 11.4 Å². The number of rotatable bonds is 6. The van der Waals surface area contributed by atoms with Crippen LogP contribution < -0.4 is 10.6 Å². The highest BCUT2D eigenvalue weighted by molar-refractivity contribution is 7.89. The lowest BCUT2D eigenvalue weighted by atomic mass is 9.98. The van der Waals surface area contributed by atoms with Crippen molar-refractivity contribution in [2.45, 2.75) is 45.1 Å². The number of benzene rings is 1. The molecule has 1 saturated heterocycles. The molecule has 10 heteroatoms. The third kappa shape index (κ3) is 4.88. The van der Waals surface area contributed by atoms with E-state index in [2.05, 4.69) is 15.7 Å². The van der Waals surface area contributed by atoms with Crippen molar-refractivity contribution < 1.29 is 18.0 Å². The van der Waals surface area contributed by atoms with E-state index in [1.807, 2.05) is 6.92 Å². The summed E-state index contributed by atoms with van der Waals surface area (Å²) in [6.07, 6.45) is 2.78. The second kappa shape index (κ2) is 8.97. The Bertz CT molecular complexity index is 1030. The Labute approximate surface area is 176 Å². The van der Waals surface area contributed by atoms with Gasteiger partial charge < -0.3 is 10.6 Å². The topological polar surface area (TPSA) is 113 Å². The third-order valence-corrected chi connectivity index (χ3v) is 7.04. The van der Waals surface area contributed by atoms with E-state index < -0.39 is 15.9 Å². The molecule has 0 spiro atoms. The van der Waals surface area contributed by atoms with Gasteiger partial charge in [0.05, 0.1) is 11.6 Å². The van der Waals surface area contributed by atoms with Crippen molar-refractivity contribution in [3.8, 4) is 0 Å². The number of nitrogens with zero attached hydrogens (tertiary/aromatic N) is 3. The van der Waals surface area contributed by atoms with Crippen molar-refractivity contribution >= 4 is 33.2 Å². The average molecular weight is 434 g/mol. The first-order valence-electron chi connectivity index (χ1n) is 9.93. The summed E-state index contributed by atoms with van der Waals surface area (Å²) in [7, 11) is -3.71. The van der Waals surface area contributed by atoms with E-state index in [-0.39, 0.29) is 23.3 Å². The third-order valence-electron chi connectivity index (χ3n) is 5.07. The largest absolute Gasteiger partial charge is 0.326 e. The van der Waals surface area contributed by atoms with Gasteiger partial charge in [-0.25, -0.2) is 8.42 Å². The molecule has 2 heterocycles. The Morgan fingerprint density at radius 3 is 2.37 bits per heavy atom. The summed E-state index contributed by atoms with van der Waals surface area (Å²) < 4.78 is 29.2. The monoisotopic (exact) mass is 433 g/mol. The number of carbonyl (C=O) groups excluding carboxylic acids is 2.